The third kappa shape index (κ3) is 5.63. The van der Waals surface area contributed by atoms with E-state index in [9.17, 15) is 9.59 Å². The van der Waals surface area contributed by atoms with Crippen molar-refractivity contribution in [2.45, 2.75) is 13.3 Å². The molecule has 0 bridgehead atoms. The molecule has 4 nitrogen and oxygen atoms in total. The van der Waals surface area contributed by atoms with Gasteiger partial charge in [-0.25, -0.2) is 0 Å². The number of carbonyl (C=O) groups is 2. The first-order valence-electron chi connectivity index (χ1n) is 6.02. The van der Waals surface area contributed by atoms with Gasteiger partial charge >= 0.3 is 5.97 Å². The first kappa shape index (κ1) is 16.5. The second kappa shape index (κ2) is 7.92. The second-order valence-electron chi connectivity index (χ2n) is 4.42. The van der Waals surface area contributed by atoms with E-state index in [0.29, 0.717) is 22.2 Å². The summed E-state index contributed by atoms with van der Waals surface area (Å²) in [6, 6.07) is 5.14. The summed E-state index contributed by atoms with van der Waals surface area (Å²) in [5.41, 5.74) is 0.646. The third-order valence-electron chi connectivity index (χ3n) is 2.54. The molecule has 0 aliphatic heterocycles. The highest BCUT2D eigenvalue weighted by molar-refractivity contribution is 6.42. The van der Waals surface area contributed by atoms with E-state index in [1.807, 2.05) is 0 Å². The third-order valence-corrected chi connectivity index (χ3v) is 3.38. The molecule has 0 aliphatic carbocycles. The number of rotatable bonds is 6. The lowest BCUT2D eigenvalue weighted by Gasteiger charge is -2.08. The lowest BCUT2D eigenvalue weighted by Crippen LogP contribution is -2.27. The summed E-state index contributed by atoms with van der Waals surface area (Å²) in [7, 11) is 0. The molecule has 0 saturated carbocycles. The normalized spacial score (nSPS) is 12.3. The zero-order valence-electron chi connectivity index (χ0n) is 10.9. The molecular weight excluding hydrogens is 301 g/mol. The van der Waals surface area contributed by atoms with Crippen molar-refractivity contribution in [2.24, 2.45) is 5.92 Å². The smallest absolute Gasteiger partial charge is 0.303 e. The predicted octanol–water partition coefficient (Wildman–Crippen LogP) is 3.23. The van der Waals surface area contributed by atoms with E-state index in [0.717, 1.165) is 0 Å². The maximum Gasteiger partial charge on any atom is 0.303 e. The van der Waals surface area contributed by atoms with Crippen molar-refractivity contribution in [3.05, 3.63) is 39.9 Å². The number of nitrogens with one attached hydrogen (secondary N) is 1. The molecule has 0 aliphatic rings. The van der Waals surface area contributed by atoms with Gasteiger partial charge in [0.25, 0.3) is 0 Å². The number of amides is 1. The average Bonchev–Trinajstić information content (AvgIpc) is 2.37. The predicted molar refractivity (Wildman–Crippen MR) is 79.9 cm³/mol. The van der Waals surface area contributed by atoms with Gasteiger partial charge < -0.3 is 10.4 Å². The fourth-order valence-corrected chi connectivity index (χ4v) is 1.89. The molecule has 1 rings (SSSR count). The summed E-state index contributed by atoms with van der Waals surface area (Å²) in [6.45, 7) is 2.06. The van der Waals surface area contributed by atoms with Gasteiger partial charge in [0.15, 0.2) is 0 Å². The van der Waals surface area contributed by atoms with Crippen LogP contribution in [0.15, 0.2) is 24.3 Å². The molecule has 1 aromatic rings. The maximum atomic E-state index is 11.6. The number of halogens is 2. The maximum absolute atomic E-state index is 11.6. The van der Waals surface area contributed by atoms with Crippen LogP contribution in [0.2, 0.25) is 10.0 Å². The Balaban J connectivity index is 2.52. The molecule has 0 aromatic heterocycles. The molecule has 0 fully saturated rings. The lowest BCUT2D eigenvalue weighted by molar-refractivity contribution is -0.138. The Morgan fingerprint density at radius 2 is 2.10 bits per heavy atom. The van der Waals surface area contributed by atoms with Crippen LogP contribution in [0.1, 0.15) is 18.9 Å². The minimum Gasteiger partial charge on any atom is -0.481 e. The standard InChI is InChI=1S/C14H15Cl2NO3/c1-9(7-13(19)20)8-17-12(18)6-5-10-3-2-4-11(15)14(10)16/h2-6,9H,7-8H2,1H3,(H,17,18)(H,19,20)/b6-5+. The summed E-state index contributed by atoms with van der Waals surface area (Å²) in [5, 5.41) is 12.0. The quantitative estimate of drug-likeness (QED) is 0.792. The molecule has 0 radical (unpaired) electrons. The van der Waals surface area contributed by atoms with Crippen molar-refractivity contribution in [2.75, 3.05) is 6.54 Å². The van der Waals surface area contributed by atoms with Crippen LogP contribution >= 0.6 is 23.2 Å². The van der Waals surface area contributed by atoms with Crippen LogP contribution in [0, 0.1) is 5.92 Å². The first-order valence-corrected chi connectivity index (χ1v) is 6.77. The van der Waals surface area contributed by atoms with E-state index in [2.05, 4.69) is 5.32 Å². The summed E-state index contributed by atoms with van der Waals surface area (Å²) < 4.78 is 0. The number of carbonyl (C=O) groups excluding carboxylic acids is 1. The second-order valence-corrected chi connectivity index (χ2v) is 5.21. The van der Waals surface area contributed by atoms with Crippen molar-refractivity contribution in [1.82, 2.24) is 5.32 Å². The van der Waals surface area contributed by atoms with Crippen LogP contribution in [-0.4, -0.2) is 23.5 Å². The zero-order valence-corrected chi connectivity index (χ0v) is 12.4. The fraction of sp³-hybridized carbons (Fsp3) is 0.286. The molecular formula is C14H15Cl2NO3. The number of carboxylic acid groups (broad SMARTS) is 1. The van der Waals surface area contributed by atoms with Gasteiger partial charge in [-0.1, -0.05) is 42.3 Å². The summed E-state index contributed by atoms with van der Waals surface area (Å²) in [5.74, 6) is -1.31. The highest BCUT2D eigenvalue weighted by Gasteiger charge is 2.08. The van der Waals surface area contributed by atoms with Crippen molar-refractivity contribution >= 4 is 41.2 Å². The average molecular weight is 316 g/mol. The molecule has 1 aromatic carbocycles. The monoisotopic (exact) mass is 315 g/mol. The highest BCUT2D eigenvalue weighted by Crippen LogP contribution is 2.26. The molecule has 1 unspecified atom stereocenters. The number of benzene rings is 1. The lowest BCUT2D eigenvalue weighted by atomic mass is 10.1. The van der Waals surface area contributed by atoms with Crippen LogP contribution in [0.25, 0.3) is 6.08 Å². The zero-order chi connectivity index (χ0) is 15.1. The van der Waals surface area contributed by atoms with Gasteiger partial charge in [-0.3, -0.25) is 9.59 Å². The van der Waals surface area contributed by atoms with Gasteiger partial charge in [0.05, 0.1) is 10.0 Å². The van der Waals surface area contributed by atoms with Gasteiger partial charge in [-0.05, 0) is 23.6 Å². The molecule has 2 N–H and O–H groups in total. The molecule has 0 heterocycles. The molecule has 20 heavy (non-hydrogen) atoms. The van der Waals surface area contributed by atoms with E-state index in [1.54, 1.807) is 31.2 Å². The number of hydrogen-bond acceptors (Lipinski definition) is 2. The topological polar surface area (TPSA) is 66.4 Å². The SMILES string of the molecule is CC(CNC(=O)/C=C/c1cccc(Cl)c1Cl)CC(=O)O. The summed E-state index contributed by atoms with van der Waals surface area (Å²) in [6.07, 6.45) is 2.92. The Hall–Kier alpha value is -1.52. The van der Waals surface area contributed by atoms with Gasteiger partial charge in [0.2, 0.25) is 5.91 Å². The van der Waals surface area contributed by atoms with E-state index in [-0.39, 0.29) is 18.2 Å². The van der Waals surface area contributed by atoms with Crippen molar-refractivity contribution in [1.29, 1.82) is 0 Å². The van der Waals surface area contributed by atoms with Crippen LogP contribution in [-0.2, 0) is 9.59 Å². The van der Waals surface area contributed by atoms with Crippen molar-refractivity contribution in [3.8, 4) is 0 Å². The van der Waals surface area contributed by atoms with Crippen LogP contribution in [0.4, 0.5) is 0 Å². The van der Waals surface area contributed by atoms with Crippen LogP contribution in [0.3, 0.4) is 0 Å². The van der Waals surface area contributed by atoms with E-state index < -0.39 is 5.97 Å². The Bertz CT molecular complexity index is 529. The van der Waals surface area contributed by atoms with Gasteiger partial charge in [-0.2, -0.15) is 0 Å². The van der Waals surface area contributed by atoms with Crippen LogP contribution in [0.5, 0.6) is 0 Å². The molecule has 0 spiro atoms. The molecule has 0 saturated heterocycles. The van der Waals surface area contributed by atoms with E-state index in [1.165, 1.54) is 6.08 Å². The Labute approximate surface area is 127 Å². The van der Waals surface area contributed by atoms with Crippen molar-refractivity contribution < 1.29 is 14.7 Å². The number of aliphatic carboxylic acids is 1. The van der Waals surface area contributed by atoms with Crippen LogP contribution < -0.4 is 5.32 Å². The molecule has 1 atom stereocenters. The van der Waals surface area contributed by atoms with E-state index >= 15 is 0 Å². The first-order chi connectivity index (χ1) is 9.40. The Morgan fingerprint density at radius 3 is 2.75 bits per heavy atom. The van der Waals surface area contributed by atoms with Gasteiger partial charge in [0, 0.05) is 19.0 Å². The Morgan fingerprint density at radius 1 is 1.40 bits per heavy atom. The largest absolute Gasteiger partial charge is 0.481 e. The van der Waals surface area contributed by atoms with Crippen molar-refractivity contribution in [3.63, 3.8) is 0 Å². The van der Waals surface area contributed by atoms with Gasteiger partial charge in [-0.15, -0.1) is 0 Å². The number of hydrogen-bond donors (Lipinski definition) is 2. The fourth-order valence-electron chi connectivity index (χ4n) is 1.52. The highest BCUT2D eigenvalue weighted by atomic mass is 35.5. The minimum atomic E-state index is -0.881. The summed E-state index contributed by atoms with van der Waals surface area (Å²) >= 11 is 11.8. The van der Waals surface area contributed by atoms with E-state index in [4.69, 9.17) is 28.3 Å². The molecule has 108 valence electrons. The van der Waals surface area contributed by atoms with Gasteiger partial charge in [0.1, 0.15) is 0 Å². The Kier molecular flexibility index (Phi) is 6.55. The summed E-state index contributed by atoms with van der Waals surface area (Å²) in [4.78, 5) is 22.1. The number of carboxylic acids is 1. The molecule has 1 amide bonds. The molecule has 6 heteroatoms. The minimum absolute atomic E-state index is 0.0180.